The zero-order valence-electron chi connectivity index (χ0n) is 13.9. The maximum Gasteiger partial charge on any atom is 0.270 e. The van der Waals surface area contributed by atoms with Crippen molar-refractivity contribution in [1.82, 2.24) is 30.7 Å². The fourth-order valence-corrected chi connectivity index (χ4v) is 2.89. The number of H-pyrrole nitrogens is 1. The van der Waals surface area contributed by atoms with Crippen molar-refractivity contribution in [2.45, 2.75) is 31.9 Å². The molecule has 0 spiro atoms. The van der Waals surface area contributed by atoms with Gasteiger partial charge in [-0.15, -0.1) is 0 Å². The molecule has 2 amide bonds. The lowest BCUT2D eigenvalue weighted by Crippen LogP contribution is -2.38. The summed E-state index contributed by atoms with van der Waals surface area (Å²) in [6.45, 7) is 1.83. The number of amides is 2. The monoisotopic (exact) mass is 355 g/mol. The van der Waals surface area contributed by atoms with E-state index >= 15 is 0 Å². The molecule has 0 aliphatic carbocycles. The van der Waals surface area contributed by atoms with Crippen LogP contribution in [-0.4, -0.2) is 37.8 Å². The van der Waals surface area contributed by atoms with Gasteiger partial charge in [-0.1, -0.05) is 0 Å². The molecule has 10 heteroatoms. The summed E-state index contributed by atoms with van der Waals surface area (Å²) in [5.74, 6) is 0.619. The number of rotatable bonds is 4. The number of carbonyl (C=O) groups excluding carboxylic acids is 2. The third-order valence-corrected chi connectivity index (χ3v) is 4.26. The highest BCUT2D eigenvalue weighted by Gasteiger charge is 2.27. The Hall–Kier alpha value is -3.27. The summed E-state index contributed by atoms with van der Waals surface area (Å²) in [4.78, 5) is 44.8. The molecule has 10 nitrogen and oxygen atoms in total. The molecule has 1 unspecified atom stereocenters. The molecule has 4 heterocycles. The largest absolute Gasteiger partial charge is 0.346 e. The normalized spacial score (nSPS) is 19.8. The Morgan fingerprint density at radius 3 is 3.04 bits per heavy atom. The van der Waals surface area contributed by atoms with E-state index in [0.29, 0.717) is 30.0 Å². The van der Waals surface area contributed by atoms with Gasteiger partial charge in [-0.3, -0.25) is 19.9 Å². The van der Waals surface area contributed by atoms with E-state index in [0.717, 1.165) is 5.70 Å². The standard InChI is InChI=1S/C16H17N7O3/c1-8(10-6-11(26-23-10)15-17-4-5-18-15)21-16(25)13-9-2-3-12(24)22-14(9)20-7-19-13/h4-8,11,23H,2-3H2,1H3,(H,17,18)(H,21,25)(H,19,20,22,24)/t8-,11?/m1/s1. The highest BCUT2D eigenvalue weighted by molar-refractivity contribution is 5.99. The van der Waals surface area contributed by atoms with Crippen molar-refractivity contribution >= 4 is 17.6 Å². The lowest BCUT2D eigenvalue weighted by Gasteiger charge is -2.19. The second-order valence-corrected chi connectivity index (χ2v) is 6.03. The van der Waals surface area contributed by atoms with Crippen LogP contribution in [-0.2, 0) is 16.1 Å². The summed E-state index contributed by atoms with van der Waals surface area (Å²) in [5, 5.41) is 5.54. The van der Waals surface area contributed by atoms with Crippen molar-refractivity contribution in [2.24, 2.45) is 0 Å². The lowest BCUT2D eigenvalue weighted by molar-refractivity contribution is -0.116. The number of nitrogens with one attached hydrogen (secondary N) is 4. The van der Waals surface area contributed by atoms with E-state index in [4.69, 9.17) is 4.84 Å². The first-order valence-electron chi connectivity index (χ1n) is 8.19. The summed E-state index contributed by atoms with van der Waals surface area (Å²) >= 11 is 0. The van der Waals surface area contributed by atoms with Gasteiger partial charge in [-0.25, -0.2) is 15.0 Å². The summed E-state index contributed by atoms with van der Waals surface area (Å²) in [7, 11) is 0. The Labute approximate surface area is 148 Å². The third kappa shape index (κ3) is 3.02. The maximum atomic E-state index is 12.6. The van der Waals surface area contributed by atoms with Crippen LogP contribution in [0.2, 0.25) is 0 Å². The molecular formula is C16H17N7O3. The predicted molar refractivity (Wildman–Crippen MR) is 89.5 cm³/mol. The summed E-state index contributed by atoms with van der Waals surface area (Å²) in [6.07, 6.45) is 6.87. The van der Waals surface area contributed by atoms with Crippen molar-refractivity contribution in [2.75, 3.05) is 5.32 Å². The van der Waals surface area contributed by atoms with Crippen LogP contribution in [0, 0.1) is 0 Å². The summed E-state index contributed by atoms with van der Waals surface area (Å²) in [5.41, 5.74) is 4.45. The van der Waals surface area contributed by atoms with E-state index < -0.39 is 0 Å². The third-order valence-electron chi connectivity index (χ3n) is 4.26. The molecule has 2 aromatic rings. The Bertz CT molecular complexity index is 878. The first-order chi connectivity index (χ1) is 12.6. The molecular weight excluding hydrogens is 338 g/mol. The zero-order valence-corrected chi connectivity index (χ0v) is 13.9. The molecule has 0 radical (unpaired) electrons. The summed E-state index contributed by atoms with van der Waals surface area (Å²) in [6, 6.07) is -0.328. The highest BCUT2D eigenvalue weighted by atomic mass is 16.7. The van der Waals surface area contributed by atoms with E-state index in [-0.39, 0.29) is 29.7 Å². The maximum absolute atomic E-state index is 12.6. The van der Waals surface area contributed by atoms with Crippen molar-refractivity contribution in [3.05, 3.63) is 47.6 Å². The number of hydrogen-bond donors (Lipinski definition) is 4. The first kappa shape index (κ1) is 16.2. The molecule has 0 fully saturated rings. The average molecular weight is 355 g/mol. The Kier molecular flexibility index (Phi) is 4.09. The minimum Gasteiger partial charge on any atom is -0.346 e. The van der Waals surface area contributed by atoms with Gasteiger partial charge in [-0.05, 0) is 19.4 Å². The number of aromatic nitrogens is 4. The van der Waals surface area contributed by atoms with E-state index in [1.807, 2.05) is 13.0 Å². The highest BCUT2D eigenvalue weighted by Crippen LogP contribution is 2.24. The molecule has 2 aliphatic rings. The first-order valence-corrected chi connectivity index (χ1v) is 8.19. The number of hydroxylamine groups is 1. The number of anilines is 1. The molecule has 0 saturated heterocycles. The molecule has 0 saturated carbocycles. The van der Waals surface area contributed by atoms with Crippen LogP contribution in [0.25, 0.3) is 0 Å². The SMILES string of the molecule is C[C@@H](NC(=O)c1ncnc2c1CCC(=O)N2)C1=CC(c2ncc[nH]2)ON1. The van der Waals surface area contributed by atoms with Gasteiger partial charge >= 0.3 is 0 Å². The molecule has 2 aromatic heterocycles. The van der Waals surface area contributed by atoms with Crippen molar-refractivity contribution < 1.29 is 14.4 Å². The molecule has 2 aliphatic heterocycles. The van der Waals surface area contributed by atoms with Gasteiger partial charge in [0.2, 0.25) is 5.91 Å². The van der Waals surface area contributed by atoms with Gasteiger partial charge in [0, 0.05) is 24.4 Å². The fourth-order valence-electron chi connectivity index (χ4n) is 2.89. The number of nitrogens with zero attached hydrogens (tertiary/aromatic N) is 3. The zero-order chi connectivity index (χ0) is 18.1. The predicted octanol–water partition coefficient (Wildman–Crippen LogP) is 0.363. The number of fused-ring (bicyclic) bond motifs is 1. The Morgan fingerprint density at radius 2 is 2.23 bits per heavy atom. The second kappa shape index (κ2) is 6.56. The number of hydrogen-bond acceptors (Lipinski definition) is 7. The molecule has 26 heavy (non-hydrogen) atoms. The molecule has 4 N–H and O–H groups in total. The van der Waals surface area contributed by atoms with Crippen molar-refractivity contribution in [1.29, 1.82) is 0 Å². The van der Waals surface area contributed by atoms with Crippen LogP contribution < -0.4 is 16.1 Å². The average Bonchev–Trinajstić information content (AvgIpc) is 3.32. The van der Waals surface area contributed by atoms with Gasteiger partial charge < -0.3 is 15.6 Å². The van der Waals surface area contributed by atoms with Crippen LogP contribution in [0.1, 0.15) is 41.3 Å². The van der Waals surface area contributed by atoms with Gasteiger partial charge in [-0.2, -0.15) is 0 Å². The lowest BCUT2D eigenvalue weighted by atomic mass is 10.0. The Balaban J connectivity index is 1.48. The quantitative estimate of drug-likeness (QED) is 0.622. The smallest absolute Gasteiger partial charge is 0.270 e. The van der Waals surface area contributed by atoms with Crippen LogP contribution >= 0.6 is 0 Å². The summed E-state index contributed by atoms with van der Waals surface area (Å²) < 4.78 is 0. The number of imidazole rings is 1. The van der Waals surface area contributed by atoms with Crippen molar-refractivity contribution in [3.63, 3.8) is 0 Å². The van der Waals surface area contributed by atoms with Crippen molar-refractivity contribution in [3.8, 4) is 0 Å². The number of carbonyl (C=O) groups is 2. The van der Waals surface area contributed by atoms with Gasteiger partial charge in [0.1, 0.15) is 23.7 Å². The fraction of sp³-hybridized carbons (Fsp3) is 0.312. The van der Waals surface area contributed by atoms with Gasteiger partial charge in [0.15, 0.2) is 6.10 Å². The molecule has 2 atom stereocenters. The molecule has 134 valence electrons. The molecule has 4 rings (SSSR count). The van der Waals surface area contributed by atoms with E-state index in [9.17, 15) is 9.59 Å². The minimum atomic E-state index is -0.346. The topological polar surface area (TPSA) is 134 Å². The van der Waals surface area contributed by atoms with Crippen LogP contribution in [0.3, 0.4) is 0 Å². The van der Waals surface area contributed by atoms with Crippen LogP contribution in [0.5, 0.6) is 0 Å². The Morgan fingerprint density at radius 1 is 1.35 bits per heavy atom. The van der Waals surface area contributed by atoms with Crippen LogP contribution in [0.4, 0.5) is 5.82 Å². The second-order valence-electron chi connectivity index (χ2n) is 6.03. The van der Waals surface area contributed by atoms with Crippen LogP contribution in [0.15, 0.2) is 30.5 Å². The van der Waals surface area contributed by atoms with Gasteiger partial charge in [0.25, 0.3) is 5.91 Å². The van der Waals surface area contributed by atoms with Gasteiger partial charge in [0.05, 0.1) is 11.7 Å². The van der Waals surface area contributed by atoms with E-state index in [1.54, 1.807) is 12.4 Å². The number of aromatic amines is 1. The van der Waals surface area contributed by atoms with E-state index in [2.05, 4.69) is 36.0 Å². The molecule has 0 bridgehead atoms. The molecule has 0 aromatic carbocycles. The van der Waals surface area contributed by atoms with E-state index in [1.165, 1.54) is 6.33 Å². The minimum absolute atomic E-state index is 0.114.